The van der Waals surface area contributed by atoms with Gasteiger partial charge in [0.15, 0.2) is 6.61 Å². The van der Waals surface area contributed by atoms with E-state index >= 15 is 0 Å². The number of nitrogens with one attached hydrogen (secondary N) is 2. The van der Waals surface area contributed by atoms with Gasteiger partial charge in [-0.3, -0.25) is 14.4 Å². The van der Waals surface area contributed by atoms with Crippen LogP contribution in [0, 0.1) is 5.41 Å². The van der Waals surface area contributed by atoms with Crippen molar-refractivity contribution in [2.75, 3.05) is 18.5 Å². The third-order valence-corrected chi connectivity index (χ3v) is 4.73. The van der Waals surface area contributed by atoms with Crippen LogP contribution < -0.4 is 15.4 Å². The summed E-state index contributed by atoms with van der Waals surface area (Å²) in [6, 6.07) is 4.74. The Bertz CT molecular complexity index is 680. The molecule has 1 fully saturated rings. The highest BCUT2D eigenvalue weighted by atomic mass is 16.5. The Morgan fingerprint density at radius 3 is 2.71 bits per heavy atom. The zero-order valence-corrected chi connectivity index (χ0v) is 13.3. The van der Waals surface area contributed by atoms with Crippen LogP contribution in [0.25, 0.3) is 0 Å². The molecule has 0 atom stereocenters. The average molecular weight is 332 g/mol. The number of hydrogen-bond donors (Lipinski definition) is 3. The van der Waals surface area contributed by atoms with Gasteiger partial charge in [-0.05, 0) is 31.0 Å². The van der Waals surface area contributed by atoms with Crippen molar-refractivity contribution in [3.8, 4) is 5.75 Å². The van der Waals surface area contributed by atoms with E-state index in [1.165, 1.54) is 0 Å². The van der Waals surface area contributed by atoms with Crippen LogP contribution >= 0.6 is 0 Å². The summed E-state index contributed by atoms with van der Waals surface area (Å²) < 4.78 is 5.29. The van der Waals surface area contributed by atoms with Gasteiger partial charge in [0.05, 0.1) is 11.1 Å². The Hall–Kier alpha value is -2.57. The van der Waals surface area contributed by atoms with Gasteiger partial charge in [-0.1, -0.05) is 19.3 Å². The van der Waals surface area contributed by atoms with Crippen molar-refractivity contribution in [3.05, 3.63) is 23.8 Å². The van der Waals surface area contributed by atoms with Gasteiger partial charge in [0, 0.05) is 12.1 Å². The zero-order chi connectivity index (χ0) is 17.2. The van der Waals surface area contributed by atoms with Gasteiger partial charge in [-0.2, -0.15) is 0 Å². The summed E-state index contributed by atoms with van der Waals surface area (Å²) in [6.45, 7) is 0.0377. The lowest BCUT2D eigenvalue weighted by molar-refractivity contribution is -0.150. The van der Waals surface area contributed by atoms with E-state index in [1.54, 1.807) is 18.2 Å². The Balaban J connectivity index is 1.68. The minimum absolute atomic E-state index is 0.0831. The lowest BCUT2D eigenvalue weighted by Gasteiger charge is -2.33. The lowest BCUT2D eigenvalue weighted by atomic mass is 9.74. The number of ether oxygens (including phenoxy) is 1. The summed E-state index contributed by atoms with van der Waals surface area (Å²) in [4.78, 5) is 35.2. The van der Waals surface area contributed by atoms with Crippen LogP contribution in [0.4, 0.5) is 5.69 Å². The molecule has 1 aliphatic heterocycles. The third-order valence-electron chi connectivity index (χ3n) is 4.73. The first-order chi connectivity index (χ1) is 11.5. The van der Waals surface area contributed by atoms with Crippen molar-refractivity contribution in [2.24, 2.45) is 5.41 Å². The van der Waals surface area contributed by atoms with Gasteiger partial charge in [0.25, 0.3) is 11.8 Å². The number of benzene rings is 1. The molecule has 2 amide bonds. The highest BCUT2D eigenvalue weighted by Crippen LogP contribution is 2.36. The first-order valence-corrected chi connectivity index (χ1v) is 8.08. The predicted molar refractivity (Wildman–Crippen MR) is 86.1 cm³/mol. The van der Waals surface area contributed by atoms with Gasteiger partial charge in [-0.25, -0.2) is 0 Å². The summed E-state index contributed by atoms with van der Waals surface area (Å²) in [5.41, 5.74) is 0.0328. The molecule has 0 spiro atoms. The Kier molecular flexibility index (Phi) is 4.42. The first kappa shape index (κ1) is 16.3. The van der Waals surface area contributed by atoms with Gasteiger partial charge in [0.1, 0.15) is 5.75 Å². The summed E-state index contributed by atoms with van der Waals surface area (Å²) >= 11 is 0. The van der Waals surface area contributed by atoms with Crippen LogP contribution in [-0.2, 0) is 9.59 Å². The van der Waals surface area contributed by atoms with Crippen molar-refractivity contribution < 1.29 is 24.2 Å². The highest BCUT2D eigenvalue weighted by Gasteiger charge is 2.39. The van der Waals surface area contributed by atoms with E-state index < -0.39 is 11.4 Å². The van der Waals surface area contributed by atoms with Crippen LogP contribution in [0.15, 0.2) is 18.2 Å². The monoisotopic (exact) mass is 332 g/mol. The summed E-state index contributed by atoms with van der Waals surface area (Å²) in [5, 5.41) is 14.9. The third kappa shape index (κ3) is 3.20. The summed E-state index contributed by atoms with van der Waals surface area (Å²) in [5.74, 6) is -0.989. The molecule has 1 saturated carbocycles. The molecule has 2 aliphatic rings. The molecular formula is C17H20N2O5. The number of carboxylic acid groups (broad SMARTS) is 1. The molecule has 0 aromatic heterocycles. The van der Waals surface area contributed by atoms with E-state index in [1.807, 2.05) is 0 Å². The Labute approximate surface area is 139 Å². The molecule has 24 heavy (non-hydrogen) atoms. The largest absolute Gasteiger partial charge is 0.482 e. The standard InChI is InChI=1S/C17H20N2O5/c20-14-9-24-13-8-11(4-5-12(13)19-14)15(21)18-10-17(16(22)23)6-2-1-3-7-17/h4-5,8H,1-3,6-7,9-10H2,(H,18,21)(H,19,20)(H,22,23). The second-order valence-corrected chi connectivity index (χ2v) is 6.38. The number of hydrogen-bond acceptors (Lipinski definition) is 4. The number of fused-ring (bicyclic) bond motifs is 1. The normalized spacial score (nSPS) is 18.8. The van der Waals surface area contributed by atoms with E-state index in [-0.39, 0.29) is 25.0 Å². The van der Waals surface area contributed by atoms with Crippen LogP contribution in [-0.4, -0.2) is 36.0 Å². The maximum absolute atomic E-state index is 12.4. The topological polar surface area (TPSA) is 105 Å². The molecule has 0 bridgehead atoms. The van der Waals surface area contributed by atoms with Crippen molar-refractivity contribution in [1.82, 2.24) is 5.32 Å². The Morgan fingerprint density at radius 1 is 1.25 bits per heavy atom. The second-order valence-electron chi connectivity index (χ2n) is 6.38. The molecule has 3 N–H and O–H groups in total. The zero-order valence-electron chi connectivity index (χ0n) is 13.3. The second kappa shape index (κ2) is 6.51. The average Bonchev–Trinajstić information content (AvgIpc) is 2.60. The van der Waals surface area contributed by atoms with Crippen LogP contribution in [0.2, 0.25) is 0 Å². The smallest absolute Gasteiger partial charge is 0.311 e. The van der Waals surface area contributed by atoms with Crippen molar-refractivity contribution in [3.63, 3.8) is 0 Å². The fraction of sp³-hybridized carbons (Fsp3) is 0.471. The van der Waals surface area contributed by atoms with Gasteiger partial charge < -0.3 is 20.5 Å². The highest BCUT2D eigenvalue weighted by molar-refractivity contribution is 5.99. The number of carbonyl (C=O) groups is 3. The molecule has 1 heterocycles. The maximum Gasteiger partial charge on any atom is 0.311 e. The SMILES string of the molecule is O=C1COc2cc(C(=O)NCC3(C(=O)O)CCCCC3)ccc2N1. The molecule has 128 valence electrons. The molecule has 0 radical (unpaired) electrons. The molecular weight excluding hydrogens is 312 g/mol. The predicted octanol–water partition coefficient (Wildman–Crippen LogP) is 1.78. The number of rotatable bonds is 4. The van der Waals surface area contributed by atoms with E-state index in [4.69, 9.17) is 4.74 Å². The van der Waals surface area contributed by atoms with Crippen LogP contribution in [0.3, 0.4) is 0 Å². The number of anilines is 1. The fourth-order valence-electron chi connectivity index (χ4n) is 3.26. The van der Waals surface area contributed by atoms with Crippen LogP contribution in [0.5, 0.6) is 5.75 Å². The minimum atomic E-state index is -0.868. The molecule has 3 rings (SSSR count). The lowest BCUT2D eigenvalue weighted by Crippen LogP contribution is -2.44. The fourth-order valence-corrected chi connectivity index (χ4v) is 3.26. The summed E-state index contributed by atoms with van der Waals surface area (Å²) in [6.07, 6.45) is 3.95. The number of aliphatic carboxylic acids is 1. The molecule has 1 aliphatic carbocycles. The quantitative estimate of drug-likeness (QED) is 0.779. The van der Waals surface area contributed by atoms with E-state index in [9.17, 15) is 19.5 Å². The molecule has 1 aromatic carbocycles. The van der Waals surface area contributed by atoms with E-state index in [2.05, 4.69) is 10.6 Å². The molecule has 7 heteroatoms. The van der Waals surface area contributed by atoms with Crippen LogP contribution in [0.1, 0.15) is 42.5 Å². The van der Waals surface area contributed by atoms with Gasteiger partial charge in [-0.15, -0.1) is 0 Å². The summed E-state index contributed by atoms with van der Waals surface area (Å²) in [7, 11) is 0. The molecule has 1 aromatic rings. The molecule has 7 nitrogen and oxygen atoms in total. The van der Waals surface area contributed by atoms with Crippen molar-refractivity contribution >= 4 is 23.5 Å². The number of carbonyl (C=O) groups excluding carboxylic acids is 2. The number of amides is 2. The van der Waals surface area contributed by atoms with Gasteiger partial charge in [0.2, 0.25) is 0 Å². The van der Waals surface area contributed by atoms with E-state index in [0.717, 1.165) is 19.3 Å². The maximum atomic E-state index is 12.4. The Morgan fingerprint density at radius 2 is 2.00 bits per heavy atom. The first-order valence-electron chi connectivity index (χ1n) is 8.08. The van der Waals surface area contributed by atoms with E-state index in [0.29, 0.717) is 29.8 Å². The molecule has 0 saturated heterocycles. The minimum Gasteiger partial charge on any atom is -0.482 e. The van der Waals surface area contributed by atoms with Gasteiger partial charge >= 0.3 is 5.97 Å². The van der Waals surface area contributed by atoms with Crippen molar-refractivity contribution in [2.45, 2.75) is 32.1 Å². The number of carboxylic acids is 1. The molecule has 0 unspecified atom stereocenters. The van der Waals surface area contributed by atoms with Crippen molar-refractivity contribution in [1.29, 1.82) is 0 Å².